The Morgan fingerprint density at radius 3 is 2.00 bits per heavy atom. The Balaban J connectivity index is 0. The van der Waals surface area contributed by atoms with Gasteiger partial charge in [-0.05, 0) is 12.8 Å². The van der Waals surface area contributed by atoms with E-state index in [2.05, 4.69) is 4.72 Å². The molecule has 1 fully saturated rings. The normalized spacial score (nSPS) is 18.5. The van der Waals surface area contributed by atoms with E-state index in [-0.39, 0.29) is 41.1 Å². The van der Waals surface area contributed by atoms with E-state index in [0.29, 0.717) is 0 Å². The van der Waals surface area contributed by atoms with Crippen molar-refractivity contribution in [3.05, 3.63) is 0 Å². The standard InChI is InChI=1S/C6H13NO3S.Na.H2O/c8-11(9,10)7-6-4-2-1-3-5-6;;/h6-7H,1-5H2,(H,8,9,10);;1H2/q;+1;/p-1. The number of nitrogens with one attached hydrogen (secondary N) is 1. The molecule has 1 aliphatic carbocycles. The predicted octanol–water partition coefficient (Wildman–Crippen LogP) is -3.45. The zero-order valence-electron chi connectivity index (χ0n) is 7.75. The molecule has 0 heterocycles. The number of hydrogen-bond acceptors (Lipinski definition) is 3. The largest absolute Gasteiger partial charge is 1.00 e. The Labute approximate surface area is 101 Å². The molecule has 0 radical (unpaired) electrons. The van der Waals surface area contributed by atoms with Crippen LogP contribution in [0.2, 0.25) is 0 Å². The molecule has 5 nitrogen and oxygen atoms in total. The Morgan fingerprint density at radius 2 is 1.62 bits per heavy atom. The van der Waals surface area contributed by atoms with E-state index >= 15 is 0 Å². The SMILES string of the molecule is O.O=S(=O)([O-])NC1CCCCC1.[Na+]. The third-order valence-electron chi connectivity index (χ3n) is 1.92. The van der Waals surface area contributed by atoms with E-state index in [9.17, 15) is 13.0 Å². The summed E-state index contributed by atoms with van der Waals surface area (Å²) in [4.78, 5) is 0. The summed E-state index contributed by atoms with van der Waals surface area (Å²) in [6.45, 7) is 0. The fourth-order valence-corrected chi connectivity index (χ4v) is 2.07. The number of hydrogen-bond donors (Lipinski definition) is 1. The predicted molar refractivity (Wildman–Crippen MR) is 43.3 cm³/mol. The summed E-state index contributed by atoms with van der Waals surface area (Å²) in [5.74, 6) is 0. The van der Waals surface area contributed by atoms with Crippen LogP contribution >= 0.6 is 0 Å². The van der Waals surface area contributed by atoms with Gasteiger partial charge in [-0.3, -0.25) is 0 Å². The van der Waals surface area contributed by atoms with Crippen LogP contribution in [-0.2, 0) is 10.3 Å². The van der Waals surface area contributed by atoms with Gasteiger partial charge in [-0.2, -0.15) is 0 Å². The first-order chi connectivity index (χ1) is 5.08. The van der Waals surface area contributed by atoms with Gasteiger partial charge in [0.25, 0.3) is 0 Å². The van der Waals surface area contributed by atoms with Crippen molar-refractivity contribution in [1.29, 1.82) is 0 Å². The average molecular weight is 219 g/mol. The molecule has 3 N–H and O–H groups in total. The van der Waals surface area contributed by atoms with Crippen LogP contribution in [0, 0.1) is 0 Å². The van der Waals surface area contributed by atoms with Gasteiger partial charge in [0.05, 0.1) is 0 Å². The van der Waals surface area contributed by atoms with Crippen LogP contribution < -0.4 is 34.3 Å². The van der Waals surface area contributed by atoms with Crippen molar-refractivity contribution in [3.8, 4) is 0 Å². The van der Waals surface area contributed by atoms with Crippen LogP contribution in [0.4, 0.5) is 0 Å². The first kappa shape index (κ1) is 16.3. The van der Waals surface area contributed by atoms with Crippen molar-refractivity contribution in [2.24, 2.45) is 0 Å². The minimum atomic E-state index is -4.22. The Morgan fingerprint density at radius 1 is 1.15 bits per heavy atom. The van der Waals surface area contributed by atoms with E-state index in [0.717, 1.165) is 32.1 Å². The Bertz CT molecular complexity index is 213. The third-order valence-corrected chi connectivity index (χ3v) is 2.54. The number of rotatable bonds is 2. The monoisotopic (exact) mass is 219 g/mol. The maximum absolute atomic E-state index is 10.2. The van der Waals surface area contributed by atoms with E-state index in [1.165, 1.54) is 0 Å². The molecule has 74 valence electrons. The molecule has 0 aliphatic heterocycles. The molecule has 0 spiro atoms. The molecular formula is C6H14NNaO4S. The maximum atomic E-state index is 10.2. The minimum absolute atomic E-state index is 0. The molecule has 0 saturated heterocycles. The van der Waals surface area contributed by atoms with Crippen molar-refractivity contribution in [1.82, 2.24) is 4.72 Å². The van der Waals surface area contributed by atoms with Gasteiger partial charge in [0.1, 0.15) is 0 Å². The van der Waals surface area contributed by atoms with Crippen molar-refractivity contribution in [3.63, 3.8) is 0 Å². The van der Waals surface area contributed by atoms with E-state index in [4.69, 9.17) is 0 Å². The van der Waals surface area contributed by atoms with E-state index in [1.807, 2.05) is 0 Å². The topological polar surface area (TPSA) is 101 Å². The summed E-state index contributed by atoms with van der Waals surface area (Å²) < 4.78 is 32.8. The summed E-state index contributed by atoms with van der Waals surface area (Å²) in [7, 11) is -4.22. The second-order valence-corrected chi connectivity index (χ2v) is 4.05. The first-order valence-corrected chi connectivity index (χ1v) is 5.22. The minimum Gasteiger partial charge on any atom is -0.735 e. The van der Waals surface area contributed by atoms with Gasteiger partial charge in [-0.1, -0.05) is 19.3 Å². The third kappa shape index (κ3) is 7.87. The maximum Gasteiger partial charge on any atom is 1.00 e. The molecule has 13 heavy (non-hydrogen) atoms. The summed E-state index contributed by atoms with van der Waals surface area (Å²) in [5, 5.41) is 0. The van der Waals surface area contributed by atoms with Gasteiger partial charge < -0.3 is 10.0 Å². The fraction of sp³-hybridized carbons (Fsp3) is 1.00. The van der Waals surface area contributed by atoms with E-state index < -0.39 is 10.3 Å². The van der Waals surface area contributed by atoms with Crippen LogP contribution in [0.25, 0.3) is 0 Å². The smallest absolute Gasteiger partial charge is 0.735 e. The molecule has 1 saturated carbocycles. The van der Waals surface area contributed by atoms with Gasteiger partial charge in [-0.15, -0.1) is 0 Å². The molecule has 0 aromatic carbocycles. The fourth-order valence-electron chi connectivity index (χ4n) is 1.42. The van der Waals surface area contributed by atoms with Crippen LogP contribution in [0.15, 0.2) is 0 Å². The van der Waals surface area contributed by atoms with Crippen molar-refractivity contribution < 1.29 is 48.0 Å². The van der Waals surface area contributed by atoms with Crippen molar-refractivity contribution >= 4 is 10.3 Å². The van der Waals surface area contributed by atoms with Gasteiger partial charge in [0.2, 0.25) is 0 Å². The Hall–Kier alpha value is 0.830. The average Bonchev–Trinajstić information content (AvgIpc) is 1.85. The molecule has 1 aliphatic rings. The van der Waals surface area contributed by atoms with Gasteiger partial charge in [0, 0.05) is 6.04 Å². The molecule has 0 aromatic rings. The molecule has 0 aromatic heterocycles. The van der Waals surface area contributed by atoms with Crippen LogP contribution in [0.3, 0.4) is 0 Å². The van der Waals surface area contributed by atoms with Gasteiger partial charge >= 0.3 is 29.6 Å². The summed E-state index contributed by atoms with van der Waals surface area (Å²) in [6, 6.07) is -0.105. The molecule has 0 unspecified atom stereocenters. The molecule has 0 amide bonds. The quantitative estimate of drug-likeness (QED) is 0.386. The molecule has 1 rings (SSSR count). The van der Waals surface area contributed by atoms with E-state index in [1.54, 1.807) is 0 Å². The summed E-state index contributed by atoms with van der Waals surface area (Å²) in [6.07, 6.45) is 4.81. The van der Waals surface area contributed by atoms with Gasteiger partial charge in [0.15, 0.2) is 10.3 Å². The zero-order valence-corrected chi connectivity index (χ0v) is 10.6. The molecule has 7 heteroatoms. The molecule has 0 bridgehead atoms. The van der Waals surface area contributed by atoms with Gasteiger partial charge in [-0.25, -0.2) is 13.1 Å². The van der Waals surface area contributed by atoms with Crippen LogP contribution in [-0.4, -0.2) is 24.5 Å². The molecule has 0 atom stereocenters. The van der Waals surface area contributed by atoms with Crippen molar-refractivity contribution in [2.75, 3.05) is 0 Å². The molecular weight excluding hydrogens is 205 g/mol. The zero-order chi connectivity index (χ0) is 8.32. The van der Waals surface area contributed by atoms with Crippen LogP contribution in [0.1, 0.15) is 32.1 Å². The summed E-state index contributed by atoms with van der Waals surface area (Å²) in [5.41, 5.74) is 0. The Kier molecular flexibility index (Phi) is 8.97. The summed E-state index contributed by atoms with van der Waals surface area (Å²) >= 11 is 0. The van der Waals surface area contributed by atoms with Crippen LogP contribution in [0.5, 0.6) is 0 Å². The second kappa shape index (κ2) is 7.17. The first-order valence-electron chi connectivity index (χ1n) is 3.81. The second-order valence-electron chi connectivity index (χ2n) is 2.91. The van der Waals surface area contributed by atoms with Crippen molar-refractivity contribution in [2.45, 2.75) is 38.1 Å².